The maximum Gasteiger partial charge on any atom is 0.230 e. The van der Waals surface area contributed by atoms with E-state index in [4.69, 9.17) is 0 Å². The lowest BCUT2D eigenvalue weighted by Gasteiger charge is -2.60. The SMILES string of the molecule is CC12CC3CC(C1)CC(C(=O)NC1=C(NC(=O)C45CC6CC(CC(C)(C6)C4)C5)C1NC(=O)C14CC5CC(CC(C)(C5)C1)C4)(C3)C2. The Balaban J connectivity index is 0.919. The molecule has 6 heteroatoms. The lowest BCUT2D eigenvalue weighted by Crippen LogP contribution is -2.58. The Hall–Kier alpha value is -1.85. The molecule has 45 heavy (non-hydrogen) atoms. The van der Waals surface area contributed by atoms with Crippen molar-refractivity contribution in [3.05, 3.63) is 11.4 Å². The largest absolute Gasteiger partial charge is 0.342 e. The van der Waals surface area contributed by atoms with Gasteiger partial charge in [-0.2, -0.15) is 0 Å². The Labute approximate surface area is 269 Å². The monoisotopic (exact) mass is 613 g/mol. The average molecular weight is 614 g/mol. The number of carbonyl (C=O) groups is 3. The summed E-state index contributed by atoms with van der Waals surface area (Å²) in [5.41, 5.74) is 1.57. The summed E-state index contributed by atoms with van der Waals surface area (Å²) in [6.07, 6.45) is 20.5. The molecule has 12 saturated carbocycles. The van der Waals surface area contributed by atoms with Crippen LogP contribution in [0.5, 0.6) is 0 Å². The molecule has 6 atom stereocenters. The zero-order valence-electron chi connectivity index (χ0n) is 28.0. The van der Waals surface area contributed by atoms with Gasteiger partial charge in [-0.05, 0) is 167 Å². The fourth-order valence-corrected chi connectivity index (χ4v) is 16.4. The van der Waals surface area contributed by atoms with Crippen molar-refractivity contribution in [3.63, 3.8) is 0 Å². The minimum absolute atomic E-state index is 0.158. The molecule has 12 bridgehead atoms. The molecular formula is C39H55N3O3. The molecule has 0 spiro atoms. The minimum atomic E-state index is -0.361. The van der Waals surface area contributed by atoms with E-state index in [0.717, 1.165) is 69.2 Å². The van der Waals surface area contributed by atoms with Crippen LogP contribution in [0.3, 0.4) is 0 Å². The van der Waals surface area contributed by atoms with Gasteiger partial charge in [0, 0.05) is 0 Å². The van der Waals surface area contributed by atoms with Crippen LogP contribution < -0.4 is 16.0 Å². The van der Waals surface area contributed by atoms with Gasteiger partial charge in [0.1, 0.15) is 6.04 Å². The predicted molar refractivity (Wildman–Crippen MR) is 171 cm³/mol. The molecule has 3 amide bonds. The average Bonchev–Trinajstić information content (AvgIpc) is 3.52. The van der Waals surface area contributed by atoms with E-state index >= 15 is 0 Å². The van der Waals surface area contributed by atoms with Gasteiger partial charge in [0.05, 0.1) is 27.6 Å². The second kappa shape index (κ2) is 8.59. The predicted octanol–water partition coefficient (Wildman–Crippen LogP) is 6.75. The third-order valence-electron chi connectivity index (χ3n) is 16.1. The first-order valence-electron chi connectivity index (χ1n) is 18.9. The summed E-state index contributed by atoms with van der Waals surface area (Å²) in [5.74, 6) is 4.49. The molecule has 0 aromatic heterocycles. The molecular weight excluding hydrogens is 558 g/mol. The van der Waals surface area contributed by atoms with Crippen LogP contribution in [-0.2, 0) is 14.4 Å². The highest BCUT2D eigenvalue weighted by atomic mass is 16.2. The second-order valence-corrected chi connectivity index (χ2v) is 20.8. The van der Waals surface area contributed by atoms with Gasteiger partial charge in [-0.3, -0.25) is 14.4 Å². The molecule has 0 saturated heterocycles. The maximum absolute atomic E-state index is 14.3. The van der Waals surface area contributed by atoms with Gasteiger partial charge < -0.3 is 16.0 Å². The van der Waals surface area contributed by atoms with E-state index in [-0.39, 0.29) is 56.3 Å². The molecule has 12 fully saturated rings. The molecule has 6 nitrogen and oxygen atoms in total. The number of nitrogens with one attached hydrogen (secondary N) is 3. The zero-order valence-corrected chi connectivity index (χ0v) is 28.0. The highest BCUT2D eigenvalue weighted by Gasteiger charge is 2.63. The normalized spacial score (nSPS) is 55.7. The van der Waals surface area contributed by atoms with Crippen molar-refractivity contribution in [2.75, 3.05) is 0 Å². The second-order valence-electron chi connectivity index (χ2n) is 20.8. The van der Waals surface area contributed by atoms with Gasteiger partial charge in [-0.15, -0.1) is 0 Å². The first kappa shape index (κ1) is 28.2. The summed E-state index contributed by atoms with van der Waals surface area (Å²) in [5, 5.41) is 10.3. The van der Waals surface area contributed by atoms with Crippen LogP contribution in [0.2, 0.25) is 0 Å². The molecule has 13 aliphatic carbocycles. The van der Waals surface area contributed by atoms with Gasteiger partial charge >= 0.3 is 0 Å². The van der Waals surface area contributed by atoms with Crippen molar-refractivity contribution in [1.82, 2.24) is 16.0 Å². The van der Waals surface area contributed by atoms with Crippen LogP contribution in [0, 0.1) is 68.0 Å². The van der Waals surface area contributed by atoms with Gasteiger partial charge in [-0.25, -0.2) is 0 Å². The molecule has 0 radical (unpaired) electrons. The summed E-state index contributed by atoms with van der Waals surface area (Å²) >= 11 is 0. The van der Waals surface area contributed by atoms with Gasteiger partial charge in [0.15, 0.2) is 0 Å². The van der Waals surface area contributed by atoms with E-state index in [9.17, 15) is 14.4 Å². The number of rotatable bonds is 6. The van der Waals surface area contributed by atoms with E-state index in [1.807, 2.05) is 0 Å². The summed E-state index contributed by atoms with van der Waals surface area (Å²) in [7, 11) is 0. The Morgan fingerprint density at radius 3 is 1.04 bits per heavy atom. The molecule has 3 N–H and O–H groups in total. The first-order chi connectivity index (χ1) is 21.3. The first-order valence-corrected chi connectivity index (χ1v) is 18.9. The van der Waals surface area contributed by atoms with Crippen LogP contribution >= 0.6 is 0 Å². The van der Waals surface area contributed by atoms with Crippen molar-refractivity contribution in [2.24, 2.45) is 68.0 Å². The third kappa shape index (κ3) is 4.14. The Bertz CT molecular complexity index is 1330. The topological polar surface area (TPSA) is 87.3 Å². The quantitative estimate of drug-likeness (QED) is 0.310. The Morgan fingerprint density at radius 1 is 0.467 bits per heavy atom. The molecule has 0 aromatic carbocycles. The molecule has 0 aromatic rings. The van der Waals surface area contributed by atoms with Gasteiger partial charge in [-0.1, -0.05) is 20.8 Å². The highest BCUT2D eigenvalue weighted by molar-refractivity contribution is 5.91. The standard InChI is InChI=1S/C39H55N3O3/c1-34-7-22-4-23(8-34)14-37(13-22,19-34)31(43)40-28-29(41-32(44)38-15-24-5-25(16-38)10-35(2,9-24)20-38)30(28)42-33(45)39-17-26-6-27(18-39)12-36(3,11-26)21-39/h22-28H,4-21H2,1-3H3,(H,40,43)(H,41,44)(H,42,45). The minimum Gasteiger partial charge on any atom is -0.342 e. The zero-order chi connectivity index (χ0) is 30.8. The Morgan fingerprint density at radius 2 is 0.756 bits per heavy atom. The van der Waals surface area contributed by atoms with E-state index in [1.165, 1.54) is 57.8 Å². The molecule has 6 unspecified atom stereocenters. The summed E-state index contributed by atoms with van der Waals surface area (Å²) in [6.45, 7) is 7.24. The number of amides is 3. The Kier molecular flexibility index (Phi) is 5.38. The van der Waals surface area contributed by atoms with E-state index < -0.39 is 0 Å². The van der Waals surface area contributed by atoms with Crippen molar-refractivity contribution < 1.29 is 14.4 Å². The smallest absolute Gasteiger partial charge is 0.230 e. The lowest BCUT2D eigenvalue weighted by molar-refractivity contribution is -0.156. The number of hydrogen-bond acceptors (Lipinski definition) is 3. The van der Waals surface area contributed by atoms with Crippen molar-refractivity contribution in [3.8, 4) is 0 Å². The van der Waals surface area contributed by atoms with Gasteiger partial charge in [0.25, 0.3) is 0 Å². The summed E-state index contributed by atoms with van der Waals surface area (Å²) in [6, 6.07) is -0.361. The van der Waals surface area contributed by atoms with E-state index in [0.29, 0.717) is 35.5 Å². The van der Waals surface area contributed by atoms with E-state index in [1.54, 1.807) is 0 Å². The van der Waals surface area contributed by atoms with Crippen LogP contribution in [0.15, 0.2) is 11.4 Å². The number of carbonyl (C=O) groups excluding carboxylic acids is 3. The summed E-state index contributed by atoms with van der Waals surface area (Å²) < 4.78 is 0. The van der Waals surface area contributed by atoms with Crippen molar-refractivity contribution in [1.29, 1.82) is 0 Å². The fourth-order valence-electron chi connectivity index (χ4n) is 16.4. The van der Waals surface area contributed by atoms with Crippen LogP contribution in [0.25, 0.3) is 0 Å². The fraction of sp³-hybridized carbons (Fsp3) is 0.872. The van der Waals surface area contributed by atoms with Crippen LogP contribution in [0.1, 0.15) is 136 Å². The molecule has 0 aliphatic heterocycles. The molecule has 13 rings (SSSR count). The van der Waals surface area contributed by atoms with Crippen LogP contribution in [0.4, 0.5) is 0 Å². The molecule has 244 valence electrons. The summed E-state index contributed by atoms with van der Waals surface area (Å²) in [4.78, 5) is 42.9. The van der Waals surface area contributed by atoms with Crippen molar-refractivity contribution >= 4 is 17.7 Å². The number of hydrogen-bond donors (Lipinski definition) is 3. The molecule has 13 aliphatic rings. The van der Waals surface area contributed by atoms with Crippen LogP contribution in [-0.4, -0.2) is 23.8 Å². The van der Waals surface area contributed by atoms with E-state index in [2.05, 4.69) is 36.7 Å². The maximum atomic E-state index is 14.3. The van der Waals surface area contributed by atoms with Gasteiger partial charge in [0.2, 0.25) is 17.7 Å². The highest BCUT2D eigenvalue weighted by Crippen LogP contribution is 2.68. The lowest BCUT2D eigenvalue weighted by atomic mass is 9.44. The van der Waals surface area contributed by atoms with Crippen molar-refractivity contribution in [2.45, 2.75) is 142 Å². The molecule has 0 heterocycles. The third-order valence-corrected chi connectivity index (χ3v) is 16.1.